The van der Waals surface area contributed by atoms with Gasteiger partial charge in [0.05, 0.1) is 5.69 Å². The van der Waals surface area contributed by atoms with E-state index in [4.69, 9.17) is 17.5 Å². The molecule has 0 bridgehead atoms. The van der Waals surface area contributed by atoms with Gasteiger partial charge in [-0.1, -0.05) is 24.0 Å². The fraction of sp³-hybridized carbons (Fsp3) is 0.375. The molecular weight excluding hydrogens is 202 g/mol. The molecule has 0 saturated carbocycles. The highest BCUT2D eigenvalue weighted by Crippen LogP contribution is 2.14. The fourth-order valence-corrected chi connectivity index (χ4v) is 1.39. The van der Waals surface area contributed by atoms with Crippen LogP contribution in [-0.4, -0.2) is 20.4 Å². The Morgan fingerprint density at radius 2 is 2.23 bits per heavy atom. The van der Waals surface area contributed by atoms with Gasteiger partial charge in [0.1, 0.15) is 11.8 Å². The minimum Gasteiger partial charge on any atom is -0.205 e. The summed E-state index contributed by atoms with van der Waals surface area (Å²) in [5.74, 6) is 0. The highest BCUT2D eigenvalue weighted by molar-refractivity contribution is 8.22. The molecule has 0 aliphatic heterocycles. The molecule has 0 fully saturated rings. The van der Waals surface area contributed by atoms with E-state index < -0.39 is 0 Å². The van der Waals surface area contributed by atoms with Crippen molar-refractivity contribution in [2.45, 2.75) is 13.8 Å². The minimum absolute atomic E-state index is 0.539. The molecule has 3 nitrogen and oxygen atoms in total. The van der Waals surface area contributed by atoms with Gasteiger partial charge < -0.3 is 0 Å². The van der Waals surface area contributed by atoms with Gasteiger partial charge in [0.2, 0.25) is 0 Å². The van der Waals surface area contributed by atoms with Gasteiger partial charge in [-0.25, -0.2) is 4.68 Å². The molecular formula is C8H9N3S2. The maximum Gasteiger partial charge on any atom is 0.162 e. The summed E-state index contributed by atoms with van der Waals surface area (Å²) in [6, 6.07) is 2.10. The van der Waals surface area contributed by atoms with Crippen LogP contribution in [0.5, 0.6) is 0 Å². The summed E-state index contributed by atoms with van der Waals surface area (Å²) in [5, 5.41) is 13.1. The number of aromatic nitrogens is 2. The van der Waals surface area contributed by atoms with Gasteiger partial charge in [-0.3, -0.25) is 0 Å². The van der Waals surface area contributed by atoms with Crippen molar-refractivity contribution in [3.63, 3.8) is 0 Å². The third kappa shape index (κ3) is 1.74. The van der Waals surface area contributed by atoms with Crippen LogP contribution in [0.2, 0.25) is 0 Å². The first-order valence-electron chi connectivity index (χ1n) is 3.66. The predicted octanol–water partition coefficient (Wildman–Crippen LogP) is 1.87. The number of hydrogen-bond donors (Lipinski definition) is 0. The number of nitrogens with zero attached hydrogens (tertiary/aromatic N) is 3. The molecule has 0 N–H and O–H groups in total. The largest absolute Gasteiger partial charge is 0.205 e. The van der Waals surface area contributed by atoms with Crippen LogP contribution in [0.25, 0.3) is 0 Å². The summed E-state index contributed by atoms with van der Waals surface area (Å²) >= 11 is 6.47. The van der Waals surface area contributed by atoms with E-state index in [0.29, 0.717) is 10.0 Å². The summed E-state index contributed by atoms with van der Waals surface area (Å²) in [6.07, 6.45) is 1.87. The number of thiocarbonyl (C=S) groups is 1. The standard InChI is InChI=1S/C8H9N3S2/c1-5-6(2)10-11(7(5)4-9)8(12)13-3/h1-3H3. The third-order valence-corrected chi connectivity index (χ3v) is 3.01. The van der Waals surface area contributed by atoms with Crippen LogP contribution in [0.15, 0.2) is 0 Å². The Kier molecular flexibility index (Phi) is 3.07. The van der Waals surface area contributed by atoms with E-state index in [1.807, 2.05) is 20.1 Å². The summed E-state index contributed by atoms with van der Waals surface area (Å²) in [7, 11) is 0. The van der Waals surface area contributed by atoms with Gasteiger partial charge in [-0.15, -0.1) is 0 Å². The second kappa shape index (κ2) is 3.90. The van der Waals surface area contributed by atoms with Crippen molar-refractivity contribution in [3.8, 4) is 6.07 Å². The van der Waals surface area contributed by atoms with Crippen LogP contribution >= 0.6 is 24.0 Å². The van der Waals surface area contributed by atoms with E-state index in [-0.39, 0.29) is 0 Å². The SMILES string of the molecule is CSC(=S)n1nc(C)c(C)c1C#N. The molecule has 1 aromatic rings. The molecule has 0 amide bonds. The van der Waals surface area contributed by atoms with E-state index in [1.165, 1.54) is 16.4 Å². The van der Waals surface area contributed by atoms with E-state index in [9.17, 15) is 0 Å². The molecule has 0 spiro atoms. The van der Waals surface area contributed by atoms with Gasteiger partial charge >= 0.3 is 0 Å². The summed E-state index contributed by atoms with van der Waals surface area (Å²) in [6.45, 7) is 3.75. The van der Waals surface area contributed by atoms with Crippen molar-refractivity contribution in [1.29, 1.82) is 5.26 Å². The monoisotopic (exact) mass is 211 g/mol. The first-order valence-corrected chi connectivity index (χ1v) is 5.29. The van der Waals surface area contributed by atoms with E-state index in [2.05, 4.69) is 11.2 Å². The normalized spacial score (nSPS) is 9.69. The zero-order valence-electron chi connectivity index (χ0n) is 7.66. The van der Waals surface area contributed by atoms with E-state index in [1.54, 1.807) is 0 Å². The molecule has 0 saturated heterocycles. The van der Waals surface area contributed by atoms with E-state index in [0.717, 1.165) is 11.3 Å². The van der Waals surface area contributed by atoms with Crippen LogP contribution in [-0.2, 0) is 0 Å². The lowest BCUT2D eigenvalue weighted by molar-refractivity contribution is 0.925. The van der Waals surface area contributed by atoms with Crippen molar-refractivity contribution in [2.75, 3.05) is 6.26 Å². The molecule has 1 heterocycles. The molecule has 0 aliphatic carbocycles. The molecule has 0 unspecified atom stereocenters. The van der Waals surface area contributed by atoms with Crippen LogP contribution in [0.1, 0.15) is 17.0 Å². The fourth-order valence-electron chi connectivity index (χ4n) is 0.955. The Morgan fingerprint density at radius 3 is 2.69 bits per heavy atom. The quantitative estimate of drug-likeness (QED) is 0.614. The van der Waals surface area contributed by atoms with Crippen LogP contribution in [0.4, 0.5) is 0 Å². The molecule has 0 aliphatic rings. The Balaban J connectivity index is 3.31. The first kappa shape index (κ1) is 10.2. The molecule has 0 aromatic carbocycles. The van der Waals surface area contributed by atoms with Gasteiger partial charge in [-0.05, 0) is 20.1 Å². The lowest BCUT2D eigenvalue weighted by Gasteiger charge is -1.99. The first-order chi connectivity index (χ1) is 6.11. The second-order valence-electron chi connectivity index (χ2n) is 2.55. The maximum atomic E-state index is 8.88. The number of nitriles is 1. The van der Waals surface area contributed by atoms with Gasteiger partial charge in [0.15, 0.2) is 4.32 Å². The summed E-state index contributed by atoms with van der Waals surface area (Å²) < 4.78 is 2.12. The molecule has 1 rings (SSSR count). The van der Waals surface area contributed by atoms with Crippen molar-refractivity contribution in [2.24, 2.45) is 0 Å². The third-order valence-electron chi connectivity index (χ3n) is 1.81. The zero-order chi connectivity index (χ0) is 10.0. The van der Waals surface area contributed by atoms with E-state index >= 15 is 0 Å². The molecule has 1 aromatic heterocycles. The Morgan fingerprint density at radius 1 is 1.62 bits per heavy atom. The van der Waals surface area contributed by atoms with Crippen molar-refractivity contribution in [1.82, 2.24) is 9.78 Å². The number of aryl methyl sites for hydroxylation is 1. The summed E-state index contributed by atoms with van der Waals surface area (Å²) in [4.78, 5) is 0. The summed E-state index contributed by atoms with van der Waals surface area (Å²) in [5.41, 5.74) is 2.30. The highest BCUT2D eigenvalue weighted by Gasteiger charge is 2.13. The van der Waals surface area contributed by atoms with Gasteiger partial charge in [0, 0.05) is 5.56 Å². The van der Waals surface area contributed by atoms with Crippen LogP contribution < -0.4 is 0 Å². The number of thioether (sulfide) groups is 1. The molecule has 5 heteroatoms. The van der Waals surface area contributed by atoms with Crippen molar-refractivity contribution in [3.05, 3.63) is 17.0 Å². The van der Waals surface area contributed by atoms with Gasteiger partial charge in [0.25, 0.3) is 0 Å². The Bertz CT molecular complexity index is 387. The highest BCUT2D eigenvalue weighted by atomic mass is 32.2. The van der Waals surface area contributed by atoms with Crippen molar-refractivity contribution < 1.29 is 0 Å². The number of rotatable bonds is 0. The average molecular weight is 211 g/mol. The topological polar surface area (TPSA) is 41.6 Å². The smallest absolute Gasteiger partial charge is 0.162 e. The van der Waals surface area contributed by atoms with Crippen LogP contribution in [0.3, 0.4) is 0 Å². The number of hydrogen-bond acceptors (Lipinski definition) is 4. The minimum atomic E-state index is 0.539. The molecule has 0 atom stereocenters. The average Bonchev–Trinajstić information content (AvgIpc) is 2.42. The molecule has 68 valence electrons. The second-order valence-corrected chi connectivity index (χ2v) is 3.99. The lowest BCUT2D eigenvalue weighted by Crippen LogP contribution is -2.08. The van der Waals surface area contributed by atoms with Crippen molar-refractivity contribution >= 4 is 28.3 Å². The molecule has 13 heavy (non-hydrogen) atoms. The van der Waals surface area contributed by atoms with Crippen LogP contribution in [0, 0.1) is 25.2 Å². The molecule has 0 radical (unpaired) electrons. The lowest BCUT2D eigenvalue weighted by atomic mass is 10.2. The predicted molar refractivity (Wildman–Crippen MR) is 57.9 cm³/mol. The van der Waals surface area contributed by atoms with Gasteiger partial charge in [-0.2, -0.15) is 10.4 Å². The Hall–Kier alpha value is -0.860. The zero-order valence-corrected chi connectivity index (χ0v) is 9.29. The maximum absolute atomic E-state index is 8.88. The Labute approximate surface area is 86.7 Å².